The van der Waals surface area contributed by atoms with Crippen LogP contribution >= 0.6 is 0 Å². The fraction of sp³-hybridized carbons (Fsp3) is 0.261. The highest BCUT2D eigenvalue weighted by atomic mass is 16.2. The van der Waals surface area contributed by atoms with Crippen LogP contribution in [0.5, 0.6) is 0 Å². The molecule has 0 bridgehead atoms. The molecule has 0 spiro atoms. The Hall–Kier alpha value is -3.61. The van der Waals surface area contributed by atoms with Gasteiger partial charge in [0.1, 0.15) is 0 Å². The molecule has 2 aromatic rings. The Morgan fingerprint density at radius 2 is 1.63 bits per heavy atom. The molecule has 0 radical (unpaired) electrons. The molecule has 154 valence electrons. The number of fused-ring (bicyclic) bond motifs is 1. The molecule has 2 aromatic carbocycles. The number of primary amides is 1. The quantitative estimate of drug-likeness (QED) is 0.473. The molecule has 1 heterocycles. The molecule has 0 unspecified atom stereocenters. The van der Waals surface area contributed by atoms with Gasteiger partial charge in [0.25, 0.3) is 5.91 Å². The third-order valence-electron chi connectivity index (χ3n) is 5.04. The number of rotatable bonds is 4. The van der Waals surface area contributed by atoms with Gasteiger partial charge in [-0.3, -0.25) is 14.4 Å². The standard InChI is InChI=1S/C23H24N4O3/c1-14(28)16-9-11-18(12-10-16)25-26-20(22(24)30)21-19-8-6-5-7-17(19)13-23(3,4)27(21)15(2)29/h5-12H,13H2,1-4H3,(H2,24,30)/b21-20+,26-25?. The summed E-state index contributed by atoms with van der Waals surface area (Å²) in [6.07, 6.45) is 0.627. The van der Waals surface area contributed by atoms with E-state index in [4.69, 9.17) is 5.73 Å². The van der Waals surface area contributed by atoms with Crippen molar-refractivity contribution in [1.29, 1.82) is 0 Å². The first-order chi connectivity index (χ1) is 14.1. The normalized spacial score (nSPS) is 16.9. The number of nitrogens with two attached hydrogens (primary N) is 1. The van der Waals surface area contributed by atoms with Gasteiger partial charge in [0.2, 0.25) is 5.91 Å². The first-order valence-electron chi connectivity index (χ1n) is 9.57. The van der Waals surface area contributed by atoms with Gasteiger partial charge in [0.15, 0.2) is 11.5 Å². The van der Waals surface area contributed by atoms with E-state index >= 15 is 0 Å². The molecule has 30 heavy (non-hydrogen) atoms. The summed E-state index contributed by atoms with van der Waals surface area (Å²) >= 11 is 0. The van der Waals surface area contributed by atoms with Crippen molar-refractivity contribution in [3.8, 4) is 0 Å². The van der Waals surface area contributed by atoms with Gasteiger partial charge in [-0.05, 0) is 57.0 Å². The molecule has 3 rings (SSSR count). The minimum atomic E-state index is -0.784. The van der Waals surface area contributed by atoms with Crippen LogP contribution < -0.4 is 5.73 Å². The van der Waals surface area contributed by atoms with Crippen molar-refractivity contribution in [2.75, 3.05) is 0 Å². The van der Waals surface area contributed by atoms with Gasteiger partial charge in [-0.25, -0.2) is 0 Å². The van der Waals surface area contributed by atoms with Crippen molar-refractivity contribution in [3.05, 3.63) is 70.9 Å². The molecule has 1 aliphatic heterocycles. The van der Waals surface area contributed by atoms with Crippen molar-refractivity contribution in [1.82, 2.24) is 4.90 Å². The molecule has 0 fully saturated rings. The average Bonchev–Trinajstić information content (AvgIpc) is 2.66. The van der Waals surface area contributed by atoms with E-state index in [0.717, 1.165) is 11.1 Å². The predicted molar refractivity (Wildman–Crippen MR) is 114 cm³/mol. The zero-order valence-corrected chi connectivity index (χ0v) is 17.5. The van der Waals surface area contributed by atoms with Crippen LogP contribution in [-0.2, 0) is 16.0 Å². The van der Waals surface area contributed by atoms with E-state index in [0.29, 0.717) is 23.4 Å². The third-order valence-corrected chi connectivity index (χ3v) is 5.04. The van der Waals surface area contributed by atoms with Crippen molar-refractivity contribution < 1.29 is 14.4 Å². The number of hydrogen-bond donors (Lipinski definition) is 1. The number of benzene rings is 2. The molecule has 2 amide bonds. The van der Waals surface area contributed by atoms with Crippen LogP contribution in [0.1, 0.15) is 49.2 Å². The van der Waals surface area contributed by atoms with Crippen LogP contribution in [0.25, 0.3) is 5.70 Å². The molecule has 0 atom stereocenters. The number of amides is 2. The van der Waals surface area contributed by atoms with Gasteiger partial charge < -0.3 is 10.6 Å². The summed E-state index contributed by atoms with van der Waals surface area (Å²) in [5.41, 5.74) is 8.08. The predicted octanol–water partition coefficient (Wildman–Crippen LogP) is 4.01. The number of azo groups is 1. The van der Waals surface area contributed by atoms with E-state index in [2.05, 4.69) is 10.2 Å². The molecule has 2 N–H and O–H groups in total. The number of ketones is 1. The van der Waals surface area contributed by atoms with Gasteiger partial charge in [0.05, 0.1) is 11.4 Å². The number of hydrogen-bond acceptors (Lipinski definition) is 5. The lowest BCUT2D eigenvalue weighted by molar-refractivity contribution is -0.129. The van der Waals surface area contributed by atoms with E-state index in [1.165, 1.54) is 13.8 Å². The molecule has 7 nitrogen and oxygen atoms in total. The summed E-state index contributed by atoms with van der Waals surface area (Å²) in [5, 5.41) is 8.27. The van der Waals surface area contributed by atoms with Crippen LogP contribution in [0.3, 0.4) is 0 Å². The van der Waals surface area contributed by atoms with Crippen LogP contribution in [0.4, 0.5) is 5.69 Å². The van der Waals surface area contributed by atoms with Gasteiger partial charge in [-0.2, -0.15) is 5.11 Å². The molecule has 0 aromatic heterocycles. The Balaban J connectivity index is 2.19. The number of carbonyl (C=O) groups excluding carboxylic acids is 3. The highest BCUT2D eigenvalue weighted by molar-refractivity contribution is 6.03. The minimum Gasteiger partial charge on any atom is -0.364 e. The lowest BCUT2D eigenvalue weighted by Crippen LogP contribution is -2.50. The Bertz CT molecular complexity index is 1080. The van der Waals surface area contributed by atoms with Crippen molar-refractivity contribution >= 4 is 29.0 Å². The fourth-order valence-corrected chi connectivity index (χ4v) is 3.77. The number of nitrogens with zero attached hydrogens (tertiary/aromatic N) is 3. The SMILES string of the molecule is CC(=O)c1ccc(N=N/C(C(N)=O)=C2\c3ccccc3CC(C)(C)N2C(C)=O)cc1. The van der Waals surface area contributed by atoms with E-state index in [1.54, 1.807) is 29.2 Å². The summed E-state index contributed by atoms with van der Waals surface area (Å²) in [6.45, 7) is 6.79. The smallest absolute Gasteiger partial charge is 0.271 e. The maximum absolute atomic E-state index is 12.6. The van der Waals surface area contributed by atoms with Crippen LogP contribution in [-0.4, -0.2) is 28.0 Å². The molecule has 1 aliphatic rings. The van der Waals surface area contributed by atoms with Crippen molar-refractivity contribution in [2.24, 2.45) is 16.0 Å². The van der Waals surface area contributed by atoms with E-state index in [-0.39, 0.29) is 17.4 Å². The summed E-state index contributed by atoms with van der Waals surface area (Å²) in [5.74, 6) is -1.06. The van der Waals surface area contributed by atoms with Gasteiger partial charge >= 0.3 is 0 Å². The van der Waals surface area contributed by atoms with Gasteiger partial charge in [-0.15, -0.1) is 5.11 Å². The van der Waals surface area contributed by atoms with E-state index in [9.17, 15) is 14.4 Å². The molecular formula is C23H24N4O3. The van der Waals surface area contributed by atoms with Crippen LogP contribution in [0.2, 0.25) is 0 Å². The fourth-order valence-electron chi connectivity index (χ4n) is 3.77. The first-order valence-corrected chi connectivity index (χ1v) is 9.57. The zero-order valence-electron chi connectivity index (χ0n) is 17.5. The summed E-state index contributed by atoms with van der Waals surface area (Å²) in [4.78, 5) is 38.0. The second kappa shape index (κ2) is 8.02. The summed E-state index contributed by atoms with van der Waals surface area (Å²) in [6, 6.07) is 14.1. The zero-order chi connectivity index (χ0) is 22.1. The van der Waals surface area contributed by atoms with Crippen LogP contribution in [0.15, 0.2) is 64.5 Å². The van der Waals surface area contributed by atoms with Crippen LogP contribution in [0, 0.1) is 0 Å². The topological polar surface area (TPSA) is 105 Å². The van der Waals surface area contributed by atoms with E-state index < -0.39 is 11.4 Å². The average molecular weight is 404 g/mol. The highest BCUT2D eigenvalue weighted by Crippen LogP contribution is 2.40. The summed E-state index contributed by atoms with van der Waals surface area (Å²) in [7, 11) is 0. The van der Waals surface area contributed by atoms with E-state index in [1.807, 2.05) is 38.1 Å². The minimum absolute atomic E-state index is 0.0587. The Morgan fingerprint density at radius 3 is 2.20 bits per heavy atom. The maximum Gasteiger partial charge on any atom is 0.271 e. The highest BCUT2D eigenvalue weighted by Gasteiger charge is 2.40. The monoisotopic (exact) mass is 404 g/mol. The lowest BCUT2D eigenvalue weighted by Gasteiger charge is -2.44. The number of carbonyl (C=O) groups is 3. The molecular weight excluding hydrogens is 380 g/mol. The third kappa shape index (κ3) is 4.05. The second-order valence-corrected chi connectivity index (χ2v) is 7.87. The molecule has 7 heteroatoms. The molecule has 0 saturated carbocycles. The maximum atomic E-state index is 12.6. The Labute approximate surface area is 175 Å². The molecule has 0 saturated heterocycles. The van der Waals surface area contributed by atoms with Crippen molar-refractivity contribution in [2.45, 2.75) is 39.7 Å². The Morgan fingerprint density at radius 1 is 1.00 bits per heavy atom. The summed E-state index contributed by atoms with van der Waals surface area (Å²) < 4.78 is 0. The Kier molecular flexibility index (Phi) is 5.64. The van der Waals surface area contributed by atoms with Gasteiger partial charge in [-0.1, -0.05) is 24.3 Å². The van der Waals surface area contributed by atoms with Gasteiger partial charge in [0, 0.05) is 23.6 Å². The first kappa shape index (κ1) is 21.1. The lowest BCUT2D eigenvalue weighted by atomic mass is 9.83. The largest absolute Gasteiger partial charge is 0.364 e. The molecule has 0 aliphatic carbocycles. The van der Waals surface area contributed by atoms with Crippen molar-refractivity contribution in [3.63, 3.8) is 0 Å². The second-order valence-electron chi connectivity index (χ2n) is 7.87. The number of Topliss-reactive ketones (excluding diaryl/α,β-unsaturated/α-hetero) is 1.